The van der Waals surface area contributed by atoms with Crippen LogP contribution in [0.5, 0.6) is 0 Å². The smallest absolute Gasteiger partial charge is 0.243 e. The highest BCUT2D eigenvalue weighted by molar-refractivity contribution is 7.92. The predicted molar refractivity (Wildman–Crippen MR) is 70.0 cm³/mol. The average molecular weight is 274 g/mol. The second-order valence-corrected chi connectivity index (χ2v) is 8.47. The Morgan fingerprint density at radius 2 is 2.00 bits per heavy atom. The number of amides is 1. The summed E-state index contributed by atoms with van der Waals surface area (Å²) in [6.07, 6.45) is 3.23. The lowest BCUT2D eigenvalue weighted by molar-refractivity contribution is -0.137. The first-order chi connectivity index (χ1) is 8.25. The molecule has 0 aromatic carbocycles. The molecule has 2 unspecified atom stereocenters. The maximum Gasteiger partial charge on any atom is 0.243 e. The fourth-order valence-corrected chi connectivity index (χ4v) is 3.26. The maximum absolute atomic E-state index is 12.5. The molecular weight excluding hydrogens is 252 g/mol. The van der Waals surface area contributed by atoms with E-state index in [0.717, 1.165) is 32.2 Å². The van der Waals surface area contributed by atoms with Crippen LogP contribution in [0.2, 0.25) is 0 Å². The molecule has 6 heteroatoms. The van der Waals surface area contributed by atoms with Crippen molar-refractivity contribution in [3.63, 3.8) is 0 Å². The highest BCUT2D eigenvalue weighted by Gasteiger charge is 2.46. The van der Waals surface area contributed by atoms with Crippen LogP contribution in [0.15, 0.2) is 0 Å². The van der Waals surface area contributed by atoms with E-state index in [1.807, 2.05) is 0 Å². The van der Waals surface area contributed by atoms with E-state index in [4.69, 9.17) is 0 Å². The number of hydrogen-bond acceptors (Lipinski definition) is 4. The minimum atomic E-state index is -3.39. The van der Waals surface area contributed by atoms with E-state index in [1.165, 1.54) is 13.8 Å². The molecule has 1 N–H and O–H groups in total. The zero-order valence-corrected chi connectivity index (χ0v) is 12.1. The Bertz CT molecular complexity index is 444. The number of likely N-dealkylation sites (tertiary alicyclic amines) is 1. The van der Waals surface area contributed by atoms with Crippen molar-refractivity contribution in [1.82, 2.24) is 10.2 Å². The van der Waals surface area contributed by atoms with Gasteiger partial charge in [0, 0.05) is 31.9 Å². The lowest BCUT2D eigenvalue weighted by Crippen LogP contribution is -2.56. The fourth-order valence-electron chi connectivity index (χ4n) is 2.82. The van der Waals surface area contributed by atoms with Gasteiger partial charge >= 0.3 is 0 Å². The van der Waals surface area contributed by atoms with Crippen molar-refractivity contribution in [1.29, 1.82) is 0 Å². The van der Waals surface area contributed by atoms with Crippen molar-refractivity contribution in [2.24, 2.45) is 5.92 Å². The van der Waals surface area contributed by atoms with E-state index in [9.17, 15) is 13.2 Å². The van der Waals surface area contributed by atoms with Crippen molar-refractivity contribution in [3.05, 3.63) is 0 Å². The highest BCUT2D eigenvalue weighted by Crippen LogP contribution is 2.30. The van der Waals surface area contributed by atoms with Gasteiger partial charge in [-0.15, -0.1) is 0 Å². The number of piperidine rings is 1. The molecule has 2 atom stereocenters. The Balaban J connectivity index is 2.23. The van der Waals surface area contributed by atoms with Crippen molar-refractivity contribution < 1.29 is 13.2 Å². The van der Waals surface area contributed by atoms with E-state index in [-0.39, 0.29) is 11.9 Å². The quantitative estimate of drug-likeness (QED) is 0.771. The molecule has 2 fully saturated rings. The molecule has 2 saturated heterocycles. The van der Waals surface area contributed by atoms with Crippen LogP contribution in [-0.2, 0) is 14.6 Å². The Morgan fingerprint density at radius 3 is 2.61 bits per heavy atom. The third-order valence-corrected chi connectivity index (χ3v) is 6.41. The third kappa shape index (κ3) is 2.16. The van der Waals surface area contributed by atoms with Gasteiger partial charge in [-0.2, -0.15) is 0 Å². The molecule has 0 aliphatic carbocycles. The molecule has 5 nitrogen and oxygen atoms in total. The molecule has 0 bridgehead atoms. The lowest BCUT2D eigenvalue weighted by Gasteiger charge is -2.40. The van der Waals surface area contributed by atoms with E-state index in [0.29, 0.717) is 12.5 Å². The van der Waals surface area contributed by atoms with E-state index >= 15 is 0 Å². The predicted octanol–water partition coefficient (Wildman–Crippen LogP) is 0.0200. The fraction of sp³-hybridized carbons (Fsp3) is 0.917. The summed E-state index contributed by atoms with van der Waals surface area (Å²) in [6.45, 7) is 5.43. The number of rotatable bonds is 2. The SMILES string of the molecule is CC(C)(C(=O)N1CCCC2CNCC21)S(C)(=O)=O. The Kier molecular flexibility index (Phi) is 3.44. The van der Waals surface area contributed by atoms with E-state index < -0.39 is 14.6 Å². The summed E-state index contributed by atoms with van der Waals surface area (Å²) in [5, 5.41) is 3.30. The lowest BCUT2D eigenvalue weighted by atomic mass is 9.91. The van der Waals surface area contributed by atoms with Crippen molar-refractivity contribution >= 4 is 15.7 Å². The number of fused-ring (bicyclic) bond motifs is 1. The van der Waals surface area contributed by atoms with Gasteiger partial charge in [0.25, 0.3) is 0 Å². The third-order valence-electron chi connectivity index (χ3n) is 4.38. The molecule has 2 heterocycles. The van der Waals surface area contributed by atoms with Crippen molar-refractivity contribution in [2.75, 3.05) is 25.9 Å². The molecule has 0 saturated carbocycles. The zero-order valence-electron chi connectivity index (χ0n) is 11.3. The van der Waals surface area contributed by atoms with Crippen LogP contribution >= 0.6 is 0 Å². The standard InChI is InChI=1S/C12H22N2O3S/c1-12(2,18(3,16)17)11(15)14-6-4-5-9-7-13-8-10(9)14/h9-10,13H,4-8H2,1-3H3. The normalized spacial score (nSPS) is 29.2. The summed E-state index contributed by atoms with van der Waals surface area (Å²) in [4.78, 5) is 14.3. The van der Waals surface area contributed by atoms with Gasteiger partial charge in [0.2, 0.25) is 5.91 Å². The zero-order chi connectivity index (χ0) is 13.6. The van der Waals surface area contributed by atoms with Gasteiger partial charge < -0.3 is 10.2 Å². The summed E-state index contributed by atoms with van der Waals surface area (Å²) in [7, 11) is -3.39. The van der Waals surface area contributed by atoms with Crippen LogP contribution in [0.4, 0.5) is 0 Å². The summed E-state index contributed by atoms with van der Waals surface area (Å²) >= 11 is 0. The van der Waals surface area contributed by atoms with Crippen LogP contribution in [0.3, 0.4) is 0 Å². The molecule has 0 aromatic rings. The Morgan fingerprint density at radius 1 is 1.33 bits per heavy atom. The molecule has 18 heavy (non-hydrogen) atoms. The molecule has 2 rings (SSSR count). The van der Waals surface area contributed by atoms with Gasteiger partial charge in [0.05, 0.1) is 0 Å². The van der Waals surface area contributed by atoms with Crippen LogP contribution in [-0.4, -0.2) is 55.9 Å². The first-order valence-electron chi connectivity index (χ1n) is 6.46. The van der Waals surface area contributed by atoms with E-state index in [1.54, 1.807) is 4.90 Å². The molecule has 2 aliphatic heterocycles. The van der Waals surface area contributed by atoms with Crippen LogP contribution < -0.4 is 5.32 Å². The van der Waals surface area contributed by atoms with Gasteiger partial charge in [-0.05, 0) is 32.6 Å². The highest BCUT2D eigenvalue weighted by atomic mass is 32.2. The number of carbonyl (C=O) groups excluding carboxylic acids is 1. The average Bonchev–Trinajstić information content (AvgIpc) is 2.73. The monoisotopic (exact) mass is 274 g/mol. The van der Waals surface area contributed by atoms with Crippen LogP contribution in [0.1, 0.15) is 26.7 Å². The Labute approximate surface area is 109 Å². The minimum absolute atomic E-state index is 0.173. The number of carbonyl (C=O) groups is 1. The summed E-state index contributed by atoms with van der Waals surface area (Å²) in [5.74, 6) is 0.237. The molecule has 0 spiro atoms. The Hall–Kier alpha value is -0.620. The van der Waals surface area contributed by atoms with Gasteiger partial charge in [0.1, 0.15) is 4.75 Å². The molecule has 0 aromatic heterocycles. The van der Waals surface area contributed by atoms with Gasteiger partial charge in [-0.25, -0.2) is 8.42 Å². The molecule has 104 valence electrons. The second kappa shape index (κ2) is 4.49. The first-order valence-corrected chi connectivity index (χ1v) is 8.35. The van der Waals surface area contributed by atoms with Gasteiger partial charge in [-0.3, -0.25) is 4.79 Å². The topological polar surface area (TPSA) is 66.5 Å². The number of hydrogen-bond donors (Lipinski definition) is 1. The number of sulfone groups is 1. The molecule has 1 amide bonds. The molecule has 2 aliphatic rings. The second-order valence-electron chi connectivity index (χ2n) is 5.91. The first kappa shape index (κ1) is 13.8. The minimum Gasteiger partial charge on any atom is -0.337 e. The van der Waals surface area contributed by atoms with Crippen LogP contribution in [0.25, 0.3) is 0 Å². The number of nitrogens with zero attached hydrogens (tertiary/aromatic N) is 1. The maximum atomic E-state index is 12.5. The van der Waals surface area contributed by atoms with Crippen LogP contribution in [0, 0.1) is 5.92 Å². The van der Waals surface area contributed by atoms with Gasteiger partial charge in [0.15, 0.2) is 9.84 Å². The van der Waals surface area contributed by atoms with Crippen molar-refractivity contribution in [2.45, 2.75) is 37.5 Å². The van der Waals surface area contributed by atoms with Crippen molar-refractivity contribution in [3.8, 4) is 0 Å². The molecule has 0 radical (unpaired) electrons. The summed E-state index contributed by atoms with van der Waals surface area (Å²) in [5.41, 5.74) is 0. The largest absolute Gasteiger partial charge is 0.337 e. The van der Waals surface area contributed by atoms with E-state index in [2.05, 4.69) is 5.32 Å². The summed E-state index contributed by atoms with van der Waals surface area (Å²) < 4.78 is 22.2. The molecular formula is C12H22N2O3S. The number of nitrogens with one attached hydrogen (secondary N) is 1. The summed E-state index contributed by atoms with van der Waals surface area (Å²) in [6, 6.07) is 0.173. The van der Waals surface area contributed by atoms with Gasteiger partial charge in [-0.1, -0.05) is 0 Å².